The van der Waals surface area contributed by atoms with Gasteiger partial charge in [-0.3, -0.25) is 4.72 Å². The first-order chi connectivity index (χ1) is 8.94. The first-order valence-electron chi connectivity index (χ1n) is 6.19. The molecule has 1 saturated heterocycles. The van der Waals surface area contributed by atoms with Gasteiger partial charge in [-0.2, -0.15) is 0 Å². The lowest BCUT2D eigenvalue weighted by Gasteiger charge is -2.15. The van der Waals surface area contributed by atoms with E-state index in [1.165, 1.54) is 6.42 Å². The van der Waals surface area contributed by atoms with Crippen molar-refractivity contribution in [3.05, 3.63) is 23.2 Å². The second-order valence-electron chi connectivity index (χ2n) is 4.74. The third kappa shape index (κ3) is 4.56. The highest BCUT2D eigenvalue weighted by Gasteiger charge is 2.14. The lowest BCUT2D eigenvalue weighted by molar-refractivity contribution is 0.607. The van der Waals surface area contributed by atoms with E-state index in [1.807, 2.05) is 0 Å². The number of nitrogens with one attached hydrogen (secondary N) is 3. The third-order valence-electron chi connectivity index (χ3n) is 2.97. The van der Waals surface area contributed by atoms with Crippen LogP contribution in [0.2, 0.25) is 5.02 Å². The fourth-order valence-corrected chi connectivity index (χ4v) is 2.84. The van der Waals surface area contributed by atoms with E-state index in [0.717, 1.165) is 31.5 Å². The molecule has 5 nitrogen and oxygen atoms in total. The molecule has 3 N–H and O–H groups in total. The minimum absolute atomic E-state index is 0.447. The van der Waals surface area contributed by atoms with E-state index in [2.05, 4.69) is 15.4 Å². The van der Waals surface area contributed by atoms with Gasteiger partial charge in [0.1, 0.15) is 0 Å². The maximum Gasteiger partial charge on any atom is 0.229 e. The van der Waals surface area contributed by atoms with E-state index >= 15 is 0 Å². The summed E-state index contributed by atoms with van der Waals surface area (Å²) in [4.78, 5) is 0. The summed E-state index contributed by atoms with van der Waals surface area (Å²) >= 11 is 6.09. The van der Waals surface area contributed by atoms with Crippen molar-refractivity contribution in [2.24, 2.45) is 0 Å². The van der Waals surface area contributed by atoms with Gasteiger partial charge >= 0.3 is 0 Å². The average Bonchev–Trinajstić information content (AvgIpc) is 2.81. The largest absolute Gasteiger partial charge is 0.382 e. The molecule has 1 heterocycles. The Labute approximate surface area is 118 Å². The third-order valence-corrected chi connectivity index (χ3v) is 3.91. The highest BCUT2D eigenvalue weighted by molar-refractivity contribution is 7.92. The normalized spacial score (nSPS) is 19.4. The Morgan fingerprint density at radius 1 is 1.47 bits per heavy atom. The molecule has 0 radical (unpaired) electrons. The molecule has 1 unspecified atom stereocenters. The van der Waals surface area contributed by atoms with Crippen LogP contribution in [0.3, 0.4) is 0 Å². The van der Waals surface area contributed by atoms with E-state index in [9.17, 15) is 8.42 Å². The highest BCUT2D eigenvalue weighted by atomic mass is 35.5. The summed E-state index contributed by atoms with van der Waals surface area (Å²) in [5.74, 6) is 0. The van der Waals surface area contributed by atoms with Crippen molar-refractivity contribution in [1.29, 1.82) is 0 Å². The summed E-state index contributed by atoms with van der Waals surface area (Å²) in [6.45, 7) is 1.83. The first kappa shape index (κ1) is 14.4. The number of hydrogen-bond acceptors (Lipinski definition) is 4. The zero-order chi connectivity index (χ0) is 13.9. The number of halogens is 1. The summed E-state index contributed by atoms with van der Waals surface area (Å²) in [7, 11) is -3.27. The Morgan fingerprint density at radius 2 is 2.26 bits per heavy atom. The molecule has 0 saturated carbocycles. The number of anilines is 2. The van der Waals surface area contributed by atoms with Crippen LogP contribution in [0.15, 0.2) is 18.2 Å². The molecular weight excluding hydrogens is 286 g/mol. The SMILES string of the molecule is CS(=O)(=O)Nc1ccc(Cl)c(NCC2CCCN2)c1. The quantitative estimate of drug-likeness (QED) is 0.777. The molecule has 1 aliphatic heterocycles. The summed E-state index contributed by atoms with van der Waals surface area (Å²) in [6.07, 6.45) is 3.46. The smallest absolute Gasteiger partial charge is 0.229 e. The van der Waals surface area contributed by atoms with Crippen molar-refractivity contribution in [2.75, 3.05) is 29.4 Å². The molecule has 0 aliphatic carbocycles. The fraction of sp³-hybridized carbons (Fsp3) is 0.500. The molecule has 1 aliphatic rings. The van der Waals surface area contributed by atoms with Crippen molar-refractivity contribution in [2.45, 2.75) is 18.9 Å². The predicted octanol–water partition coefficient (Wildman–Crippen LogP) is 1.88. The molecule has 1 aromatic rings. The Morgan fingerprint density at radius 3 is 2.89 bits per heavy atom. The second kappa shape index (κ2) is 5.98. The molecule has 0 aromatic heterocycles. The topological polar surface area (TPSA) is 70.2 Å². The van der Waals surface area contributed by atoms with Crippen LogP contribution in [-0.4, -0.2) is 33.8 Å². The summed E-state index contributed by atoms with van der Waals surface area (Å²) in [6, 6.07) is 5.47. The molecule has 7 heteroatoms. The van der Waals surface area contributed by atoms with E-state index in [4.69, 9.17) is 11.6 Å². The summed E-state index contributed by atoms with van der Waals surface area (Å²) in [5, 5.41) is 7.21. The van der Waals surface area contributed by atoms with Crippen LogP contribution in [-0.2, 0) is 10.0 Å². The van der Waals surface area contributed by atoms with Gasteiger partial charge in [-0.1, -0.05) is 11.6 Å². The van der Waals surface area contributed by atoms with Crippen LogP contribution >= 0.6 is 11.6 Å². The fourth-order valence-electron chi connectivity index (χ4n) is 2.10. The lowest BCUT2D eigenvalue weighted by Crippen LogP contribution is -2.29. The lowest BCUT2D eigenvalue weighted by atomic mass is 10.2. The van der Waals surface area contributed by atoms with Crippen LogP contribution in [0.1, 0.15) is 12.8 Å². The zero-order valence-electron chi connectivity index (χ0n) is 10.7. The Bertz CT molecular complexity index is 542. The maximum absolute atomic E-state index is 11.2. The zero-order valence-corrected chi connectivity index (χ0v) is 12.3. The van der Waals surface area contributed by atoms with Crippen LogP contribution in [0.4, 0.5) is 11.4 Å². The van der Waals surface area contributed by atoms with Crippen molar-refractivity contribution < 1.29 is 8.42 Å². The number of rotatable bonds is 5. The van der Waals surface area contributed by atoms with Gasteiger partial charge in [0.15, 0.2) is 0 Å². The van der Waals surface area contributed by atoms with Gasteiger partial charge in [0.25, 0.3) is 0 Å². The van der Waals surface area contributed by atoms with E-state index < -0.39 is 10.0 Å². The molecule has 1 aromatic carbocycles. The molecule has 1 atom stereocenters. The highest BCUT2D eigenvalue weighted by Crippen LogP contribution is 2.26. The minimum atomic E-state index is -3.27. The number of hydrogen-bond donors (Lipinski definition) is 3. The maximum atomic E-state index is 11.2. The molecule has 0 bridgehead atoms. The molecule has 19 heavy (non-hydrogen) atoms. The van der Waals surface area contributed by atoms with Gasteiger partial charge in [-0.05, 0) is 37.6 Å². The Kier molecular flexibility index (Phi) is 4.54. The van der Waals surface area contributed by atoms with E-state index in [0.29, 0.717) is 16.8 Å². The molecule has 0 spiro atoms. The van der Waals surface area contributed by atoms with Crippen LogP contribution in [0.25, 0.3) is 0 Å². The van der Waals surface area contributed by atoms with Gasteiger partial charge in [-0.25, -0.2) is 8.42 Å². The van der Waals surface area contributed by atoms with Gasteiger partial charge in [0.05, 0.1) is 22.7 Å². The van der Waals surface area contributed by atoms with Crippen LogP contribution < -0.4 is 15.4 Å². The predicted molar refractivity (Wildman–Crippen MR) is 79.4 cm³/mol. The molecule has 2 rings (SSSR count). The number of sulfonamides is 1. The van der Waals surface area contributed by atoms with Crippen molar-refractivity contribution >= 4 is 33.0 Å². The Hall–Kier alpha value is -0.980. The van der Waals surface area contributed by atoms with E-state index in [1.54, 1.807) is 18.2 Å². The van der Waals surface area contributed by atoms with Gasteiger partial charge in [0, 0.05) is 12.6 Å². The number of benzene rings is 1. The van der Waals surface area contributed by atoms with Gasteiger partial charge in [-0.15, -0.1) is 0 Å². The standard InChI is InChI=1S/C12H18ClN3O2S/c1-19(17,18)16-9-4-5-11(13)12(7-9)15-8-10-3-2-6-14-10/h4-5,7,10,14-16H,2-3,6,8H2,1H3. The second-order valence-corrected chi connectivity index (χ2v) is 6.90. The van der Waals surface area contributed by atoms with Gasteiger partial charge < -0.3 is 10.6 Å². The van der Waals surface area contributed by atoms with Crippen molar-refractivity contribution in [3.63, 3.8) is 0 Å². The minimum Gasteiger partial charge on any atom is -0.382 e. The monoisotopic (exact) mass is 303 g/mol. The van der Waals surface area contributed by atoms with Crippen molar-refractivity contribution in [3.8, 4) is 0 Å². The van der Waals surface area contributed by atoms with Crippen LogP contribution in [0.5, 0.6) is 0 Å². The first-order valence-corrected chi connectivity index (χ1v) is 8.45. The molecule has 106 valence electrons. The average molecular weight is 304 g/mol. The molecule has 1 fully saturated rings. The molecule has 0 amide bonds. The Balaban J connectivity index is 2.04. The molecular formula is C12H18ClN3O2S. The summed E-state index contributed by atoms with van der Waals surface area (Å²) < 4.78 is 24.8. The van der Waals surface area contributed by atoms with Crippen LogP contribution in [0, 0.1) is 0 Å². The summed E-state index contributed by atoms with van der Waals surface area (Å²) in [5.41, 5.74) is 1.25. The van der Waals surface area contributed by atoms with E-state index in [-0.39, 0.29) is 0 Å². The van der Waals surface area contributed by atoms with Gasteiger partial charge in [0.2, 0.25) is 10.0 Å². The van der Waals surface area contributed by atoms with Crippen molar-refractivity contribution in [1.82, 2.24) is 5.32 Å².